The normalized spacial score (nSPS) is 19.1. The minimum atomic E-state index is -0.0165. The molecule has 1 aromatic heterocycles. The van der Waals surface area contributed by atoms with Gasteiger partial charge in [0.2, 0.25) is 0 Å². The summed E-state index contributed by atoms with van der Waals surface area (Å²) in [6, 6.07) is 8.09. The van der Waals surface area contributed by atoms with E-state index in [-0.39, 0.29) is 5.56 Å². The first-order valence-electron chi connectivity index (χ1n) is 10.1. The average Bonchev–Trinajstić information content (AvgIpc) is 2.74. The van der Waals surface area contributed by atoms with E-state index in [9.17, 15) is 4.79 Å². The fraction of sp³-hybridized carbons (Fsp3) is 0.409. The van der Waals surface area contributed by atoms with Crippen LogP contribution >= 0.6 is 0 Å². The molecule has 0 bridgehead atoms. The molecule has 0 radical (unpaired) electrons. The zero-order valence-electron chi connectivity index (χ0n) is 15.9. The van der Waals surface area contributed by atoms with E-state index in [2.05, 4.69) is 27.0 Å². The lowest BCUT2D eigenvalue weighted by Gasteiger charge is -2.29. The van der Waals surface area contributed by atoms with Gasteiger partial charge in [0.15, 0.2) is 5.82 Å². The minimum Gasteiger partial charge on any atom is -0.489 e. The highest BCUT2D eigenvalue weighted by atomic mass is 16.5. The lowest BCUT2D eigenvalue weighted by atomic mass is 10.0. The van der Waals surface area contributed by atoms with Crippen molar-refractivity contribution in [1.82, 2.24) is 14.9 Å². The maximum absolute atomic E-state index is 12.7. The second-order valence-electron chi connectivity index (χ2n) is 7.72. The van der Waals surface area contributed by atoms with Crippen molar-refractivity contribution in [1.29, 1.82) is 0 Å². The highest BCUT2D eigenvalue weighted by molar-refractivity contribution is 5.97. The molecule has 0 atom stereocenters. The van der Waals surface area contributed by atoms with Crippen molar-refractivity contribution < 1.29 is 4.74 Å². The van der Waals surface area contributed by atoms with Gasteiger partial charge < -0.3 is 9.72 Å². The van der Waals surface area contributed by atoms with Crippen LogP contribution in [0, 0.1) is 0 Å². The van der Waals surface area contributed by atoms with Crippen LogP contribution in [0.2, 0.25) is 0 Å². The van der Waals surface area contributed by atoms with Gasteiger partial charge in [-0.15, -0.1) is 0 Å². The predicted octanol–water partition coefficient (Wildman–Crippen LogP) is 2.58. The van der Waals surface area contributed by atoms with Crippen molar-refractivity contribution in [3.63, 3.8) is 0 Å². The average molecular weight is 376 g/mol. The third-order valence-corrected chi connectivity index (χ3v) is 5.66. The van der Waals surface area contributed by atoms with Gasteiger partial charge in [-0.3, -0.25) is 14.7 Å². The molecule has 144 valence electrons. The molecule has 6 nitrogen and oxygen atoms in total. The van der Waals surface area contributed by atoms with E-state index < -0.39 is 0 Å². The summed E-state index contributed by atoms with van der Waals surface area (Å²) in [4.78, 5) is 27.3. The van der Waals surface area contributed by atoms with Gasteiger partial charge in [0.25, 0.3) is 5.56 Å². The molecule has 6 heteroatoms. The molecule has 0 unspecified atom stereocenters. The Morgan fingerprint density at radius 1 is 1.18 bits per heavy atom. The first-order chi connectivity index (χ1) is 13.8. The van der Waals surface area contributed by atoms with Crippen molar-refractivity contribution in [2.75, 3.05) is 26.2 Å². The van der Waals surface area contributed by atoms with Gasteiger partial charge in [-0.25, -0.2) is 4.98 Å². The molecule has 1 N–H and O–H groups in total. The number of aliphatic imine (C=N–C) groups is 1. The van der Waals surface area contributed by atoms with Crippen LogP contribution in [0.5, 0.6) is 5.75 Å². The first kappa shape index (κ1) is 17.4. The molecule has 0 fully saturated rings. The highest BCUT2D eigenvalue weighted by Gasteiger charge is 2.24. The summed E-state index contributed by atoms with van der Waals surface area (Å²) in [5.41, 5.74) is 5.03. The van der Waals surface area contributed by atoms with Crippen molar-refractivity contribution in [3.8, 4) is 5.75 Å². The molecule has 1 aromatic carbocycles. The lowest BCUT2D eigenvalue weighted by molar-refractivity contribution is 0.254. The number of fused-ring (bicyclic) bond motifs is 2. The SMILES string of the molecule is O=c1[nH]c(C2=NCCCC2)nc2c1CN(CC1=Cc3ccccc3OC1)CC2. The van der Waals surface area contributed by atoms with Crippen LogP contribution in [0.1, 0.15) is 41.9 Å². The number of aromatic nitrogens is 2. The van der Waals surface area contributed by atoms with Crippen molar-refractivity contribution in [2.45, 2.75) is 32.2 Å². The number of hydrogen-bond acceptors (Lipinski definition) is 5. The third kappa shape index (κ3) is 3.40. The number of ether oxygens (including phenoxy) is 1. The smallest absolute Gasteiger partial charge is 0.255 e. The van der Waals surface area contributed by atoms with Gasteiger partial charge in [-0.1, -0.05) is 18.2 Å². The molecule has 28 heavy (non-hydrogen) atoms. The summed E-state index contributed by atoms with van der Waals surface area (Å²) in [5.74, 6) is 1.62. The molecule has 0 saturated heterocycles. The molecule has 2 aromatic rings. The Morgan fingerprint density at radius 3 is 3.00 bits per heavy atom. The Labute approximate surface area is 164 Å². The fourth-order valence-corrected chi connectivity index (χ4v) is 4.18. The second-order valence-corrected chi connectivity index (χ2v) is 7.72. The van der Waals surface area contributed by atoms with Gasteiger partial charge in [0.1, 0.15) is 12.4 Å². The zero-order valence-corrected chi connectivity index (χ0v) is 15.9. The van der Waals surface area contributed by atoms with Crippen LogP contribution in [0.15, 0.2) is 39.6 Å². The van der Waals surface area contributed by atoms with Crippen molar-refractivity contribution in [2.24, 2.45) is 4.99 Å². The third-order valence-electron chi connectivity index (χ3n) is 5.66. The van der Waals surface area contributed by atoms with E-state index in [1.165, 1.54) is 5.57 Å². The van der Waals surface area contributed by atoms with Gasteiger partial charge in [0, 0.05) is 38.2 Å². The fourth-order valence-electron chi connectivity index (χ4n) is 4.18. The summed E-state index contributed by atoms with van der Waals surface area (Å²) in [6.07, 6.45) is 6.15. The van der Waals surface area contributed by atoms with E-state index in [1.54, 1.807) is 0 Å². The van der Waals surface area contributed by atoms with Crippen LogP contribution < -0.4 is 10.3 Å². The molecule has 0 amide bonds. The van der Waals surface area contributed by atoms with Crippen LogP contribution in [-0.4, -0.2) is 46.8 Å². The highest BCUT2D eigenvalue weighted by Crippen LogP contribution is 2.26. The molecule has 5 rings (SSSR count). The molecule has 4 heterocycles. The number of para-hydroxylation sites is 1. The maximum Gasteiger partial charge on any atom is 0.255 e. The number of hydrogen-bond donors (Lipinski definition) is 1. The number of H-pyrrole nitrogens is 1. The Kier molecular flexibility index (Phi) is 4.56. The Morgan fingerprint density at radius 2 is 2.11 bits per heavy atom. The lowest BCUT2D eigenvalue weighted by Crippen LogP contribution is -2.38. The number of aromatic amines is 1. The van der Waals surface area contributed by atoms with Crippen molar-refractivity contribution >= 4 is 11.8 Å². The molecule has 3 aliphatic heterocycles. The van der Waals surface area contributed by atoms with E-state index in [0.29, 0.717) is 19.0 Å². The Hall–Kier alpha value is -2.73. The van der Waals surface area contributed by atoms with Crippen LogP contribution in [0.4, 0.5) is 0 Å². The van der Waals surface area contributed by atoms with Gasteiger partial charge >= 0.3 is 0 Å². The van der Waals surface area contributed by atoms with E-state index in [4.69, 9.17) is 9.72 Å². The summed E-state index contributed by atoms with van der Waals surface area (Å²) < 4.78 is 5.87. The largest absolute Gasteiger partial charge is 0.489 e. The van der Waals surface area contributed by atoms with E-state index in [0.717, 1.165) is 73.6 Å². The predicted molar refractivity (Wildman–Crippen MR) is 109 cm³/mol. The molecule has 0 spiro atoms. The summed E-state index contributed by atoms with van der Waals surface area (Å²) in [5, 5.41) is 0. The number of benzene rings is 1. The molecular weight excluding hydrogens is 352 g/mol. The van der Waals surface area contributed by atoms with Crippen molar-refractivity contribution in [3.05, 3.63) is 62.8 Å². The van der Waals surface area contributed by atoms with E-state index >= 15 is 0 Å². The Balaban J connectivity index is 1.34. The maximum atomic E-state index is 12.7. The van der Waals surface area contributed by atoms with Crippen LogP contribution in [0.3, 0.4) is 0 Å². The van der Waals surface area contributed by atoms with Crippen LogP contribution in [-0.2, 0) is 13.0 Å². The van der Waals surface area contributed by atoms with Gasteiger partial charge in [0.05, 0.1) is 17.0 Å². The number of rotatable bonds is 3. The monoisotopic (exact) mass is 376 g/mol. The second kappa shape index (κ2) is 7.36. The topological polar surface area (TPSA) is 70.6 Å². The zero-order chi connectivity index (χ0) is 18.9. The minimum absolute atomic E-state index is 0.0165. The molecule has 0 aliphatic carbocycles. The quantitative estimate of drug-likeness (QED) is 0.894. The molecule has 0 saturated carbocycles. The summed E-state index contributed by atoms with van der Waals surface area (Å²) in [6.45, 7) is 3.78. The van der Waals surface area contributed by atoms with Gasteiger partial charge in [-0.2, -0.15) is 0 Å². The first-order valence-corrected chi connectivity index (χ1v) is 10.1. The summed E-state index contributed by atoms with van der Waals surface area (Å²) in [7, 11) is 0. The number of nitrogens with zero attached hydrogens (tertiary/aromatic N) is 3. The molecule has 3 aliphatic rings. The van der Waals surface area contributed by atoms with Crippen LogP contribution in [0.25, 0.3) is 6.08 Å². The molecular formula is C22H24N4O2. The van der Waals surface area contributed by atoms with Gasteiger partial charge in [-0.05, 0) is 37.0 Å². The number of nitrogens with one attached hydrogen (secondary N) is 1. The van der Waals surface area contributed by atoms with E-state index in [1.807, 2.05) is 18.2 Å². The standard InChI is InChI=1S/C22H24N4O2/c27-22-17-13-26(12-15-11-16-5-1-2-7-20(16)28-14-15)10-8-18(17)24-21(25-22)19-6-3-4-9-23-19/h1-2,5,7,11H,3-4,6,8-10,12-14H2,(H,24,25,27). The Bertz CT molecular complexity index is 1020. The summed E-state index contributed by atoms with van der Waals surface area (Å²) >= 11 is 0.